The van der Waals surface area contributed by atoms with Crippen LogP contribution in [0, 0.1) is 6.61 Å². The Hall–Kier alpha value is 0.503. The zero-order chi connectivity index (χ0) is 6.62. The van der Waals surface area contributed by atoms with Crippen LogP contribution in [0.5, 0.6) is 0 Å². The fraction of sp³-hybridized carbons (Fsp3) is 0.833. The van der Waals surface area contributed by atoms with Crippen molar-refractivity contribution in [2.75, 3.05) is 0 Å². The van der Waals surface area contributed by atoms with E-state index in [1.807, 2.05) is 13.8 Å². The summed E-state index contributed by atoms with van der Waals surface area (Å²) in [6.07, 6.45) is 1.14. The first kappa shape index (κ1) is 16.8. The van der Waals surface area contributed by atoms with Gasteiger partial charge in [0.2, 0.25) is 0 Å². The quantitative estimate of drug-likeness (QED) is 0.506. The molecule has 0 radical (unpaired) electrons. The van der Waals surface area contributed by atoms with Crippen LogP contribution < -0.4 is 0 Å². The zero-order valence-electron chi connectivity index (χ0n) is 6.59. The summed E-state index contributed by atoms with van der Waals surface area (Å²) in [7, 11) is 0. The van der Waals surface area contributed by atoms with Gasteiger partial charge in [-0.25, -0.2) is 0 Å². The molecule has 0 amide bonds. The molecule has 3 nitrogen and oxygen atoms in total. The summed E-state index contributed by atoms with van der Waals surface area (Å²) in [5.74, 6) is 0. The van der Waals surface area contributed by atoms with Gasteiger partial charge in [-0.1, -0.05) is 26.7 Å². The minimum absolute atomic E-state index is 0. The van der Waals surface area contributed by atoms with Crippen LogP contribution in [-0.4, -0.2) is 21.3 Å². The summed E-state index contributed by atoms with van der Waals surface area (Å²) in [6, 6.07) is 0. The second-order valence-corrected chi connectivity index (χ2v) is 1.94. The molecule has 0 aromatic heterocycles. The second-order valence-electron chi connectivity index (χ2n) is 1.94. The zero-order valence-corrected chi connectivity index (χ0v) is 9.56. The molecular weight excluding hydrogens is 185 g/mol. The summed E-state index contributed by atoms with van der Waals surface area (Å²) < 4.78 is 0. The molecule has 0 unspecified atom stereocenters. The molecule has 0 aliphatic rings. The monoisotopic (exact) mass is 199 g/mol. The summed E-state index contributed by atoms with van der Waals surface area (Å²) >= 11 is 0. The van der Waals surface area contributed by atoms with E-state index in [-0.39, 0.29) is 25.0 Å². The standard InChI is InChI=1S/C6H13O2.H2O.Zn/c1-3-6(8,4-2)5-7;;/h5,7-8H,3-4H2,1-2H3;1H2;/q-1;;. The summed E-state index contributed by atoms with van der Waals surface area (Å²) in [5, 5.41) is 17.5. The molecular formula is C6H15O3Zn-. The average molecular weight is 201 g/mol. The van der Waals surface area contributed by atoms with E-state index >= 15 is 0 Å². The van der Waals surface area contributed by atoms with E-state index in [9.17, 15) is 0 Å². The van der Waals surface area contributed by atoms with Crippen LogP contribution in [0.1, 0.15) is 26.7 Å². The van der Waals surface area contributed by atoms with E-state index in [4.69, 9.17) is 10.2 Å². The fourth-order valence-electron chi connectivity index (χ4n) is 0.433. The van der Waals surface area contributed by atoms with Crippen molar-refractivity contribution in [2.45, 2.75) is 32.3 Å². The Labute approximate surface area is 74.5 Å². The minimum atomic E-state index is -0.944. The van der Waals surface area contributed by atoms with Gasteiger partial charge < -0.3 is 15.7 Å². The molecule has 0 rings (SSSR count). The molecule has 0 fully saturated rings. The van der Waals surface area contributed by atoms with Crippen LogP contribution in [0.15, 0.2) is 0 Å². The number of hydrogen-bond acceptors (Lipinski definition) is 2. The van der Waals surface area contributed by atoms with Crippen molar-refractivity contribution in [1.82, 2.24) is 0 Å². The molecule has 0 aliphatic carbocycles. The topological polar surface area (TPSA) is 72.0 Å². The third-order valence-electron chi connectivity index (χ3n) is 1.46. The van der Waals surface area contributed by atoms with Crippen LogP contribution in [0.25, 0.3) is 0 Å². The first-order valence-corrected chi connectivity index (χ1v) is 2.89. The van der Waals surface area contributed by atoms with Gasteiger partial charge in [-0.2, -0.15) is 6.61 Å². The summed E-state index contributed by atoms with van der Waals surface area (Å²) in [5.41, 5.74) is -0.944. The molecule has 4 N–H and O–H groups in total. The van der Waals surface area contributed by atoms with Crippen molar-refractivity contribution in [2.24, 2.45) is 0 Å². The largest absolute Gasteiger partial charge is 0.563 e. The Kier molecular flexibility index (Phi) is 12.8. The number of hydrogen-bond donors (Lipinski definition) is 2. The molecule has 0 bridgehead atoms. The van der Waals surface area contributed by atoms with E-state index in [1.165, 1.54) is 0 Å². The van der Waals surface area contributed by atoms with E-state index in [0.29, 0.717) is 12.8 Å². The van der Waals surface area contributed by atoms with Crippen molar-refractivity contribution < 1.29 is 35.2 Å². The van der Waals surface area contributed by atoms with Crippen molar-refractivity contribution in [3.8, 4) is 0 Å². The predicted molar refractivity (Wildman–Crippen MR) is 35.4 cm³/mol. The average Bonchev–Trinajstić information content (AvgIpc) is 1.87. The number of aliphatic hydroxyl groups excluding tert-OH is 1. The maximum Gasteiger partial charge on any atom is 0 e. The maximum atomic E-state index is 9.13. The molecule has 0 heterocycles. The third-order valence-corrected chi connectivity index (χ3v) is 1.46. The number of rotatable bonds is 3. The van der Waals surface area contributed by atoms with Crippen LogP contribution >= 0.6 is 0 Å². The SMILES string of the molecule is CCC(O)([CH-]O)CC.O.[Zn]. The van der Waals surface area contributed by atoms with Gasteiger partial charge in [-0.05, 0) is 5.60 Å². The predicted octanol–water partition coefficient (Wildman–Crippen LogP) is 0.245. The van der Waals surface area contributed by atoms with Crippen LogP contribution in [-0.2, 0) is 19.5 Å². The summed E-state index contributed by atoms with van der Waals surface area (Å²) in [6.45, 7) is 4.51. The fourth-order valence-corrected chi connectivity index (χ4v) is 0.433. The first-order valence-electron chi connectivity index (χ1n) is 2.89. The smallest absolute Gasteiger partial charge is 0 e. The van der Waals surface area contributed by atoms with Gasteiger partial charge in [0, 0.05) is 19.5 Å². The van der Waals surface area contributed by atoms with Gasteiger partial charge in [-0.3, -0.25) is 0 Å². The Bertz CT molecular complexity index is 55.7. The van der Waals surface area contributed by atoms with Crippen molar-refractivity contribution in [3.63, 3.8) is 0 Å². The van der Waals surface area contributed by atoms with E-state index in [2.05, 4.69) is 0 Å². The van der Waals surface area contributed by atoms with Crippen LogP contribution in [0.3, 0.4) is 0 Å². The Balaban J connectivity index is -0.000000245. The molecule has 4 heteroatoms. The first-order chi connectivity index (χ1) is 3.68. The molecule has 0 aliphatic heterocycles. The van der Waals surface area contributed by atoms with Crippen molar-refractivity contribution >= 4 is 0 Å². The molecule has 60 valence electrons. The van der Waals surface area contributed by atoms with Crippen LogP contribution in [0.4, 0.5) is 0 Å². The summed E-state index contributed by atoms with van der Waals surface area (Å²) in [4.78, 5) is 0. The van der Waals surface area contributed by atoms with Gasteiger partial charge >= 0.3 is 0 Å². The van der Waals surface area contributed by atoms with Gasteiger partial charge in [0.05, 0.1) is 0 Å². The molecule has 0 spiro atoms. The van der Waals surface area contributed by atoms with Gasteiger partial charge in [0.25, 0.3) is 0 Å². The number of aliphatic hydroxyl groups is 2. The molecule has 0 aromatic rings. The molecule has 0 saturated carbocycles. The molecule has 0 saturated heterocycles. The van der Waals surface area contributed by atoms with E-state index in [0.717, 1.165) is 6.61 Å². The van der Waals surface area contributed by atoms with Gasteiger partial charge in [-0.15, -0.1) is 0 Å². The minimum Gasteiger partial charge on any atom is -0.563 e. The molecule has 0 aromatic carbocycles. The normalized spacial score (nSPS) is 9.60. The Morgan fingerprint density at radius 1 is 1.30 bits per heavy atom. The third kappa shape index (κ3) is 5.30. The molecule has 10 heavy (non-hydrogen) atoms. The molecule has 0 atom stereocenters. The van der Waals surface area contributed by atoms with Crippen molar-refractivity contribution in [1.29, 1.82) is 0 Å². The van der Waals surface area contributed by atoms with Gasteiger partial charge in [0.15, 0.2) is 0 Å². The van der Waals surface area contributed by atoms with Gasteiger partial charge in [0.1, 0.15) is 0 Å². The Morgan fingerprint density at radius 2 is 1.60 bits per heavy atom. The second kappa shape index (κ2) is 7.61. The van der Waals surface area contributed by atoms with E-state index < -0.39 is 5.60 Å². The van der Waals surface area contributed by atoms with Crippen molar-refractivity contribution in [3.05, 3.63) is 6.61 Å². The maximum absolute atomic E-state index is 9.13. The van der Waals surface area contributed by atoms with Crippen LogP contribution in [0.2, 0.25) is 0 Å². The Morgan fingerprint density at radius 3 is 1.60 bits per heavy atom. The van der Waals surface area contributed by atoms with E-state index in [1.54, 1.807) is 0 Å².